The molecule has 0 unspecified atom stereocenters. The van der Waals surface area contributed by atoms with Crippen molar-refractivity contribution in [1.82, 2.24) is 0 Å². The third-order valence-corrected chi connectivity index (χ3v) is 4.44. The third-order valence-electron chi connectivity index (χ3n) is 4.44. The van der Waals surface area contributed by atoms with Crippen LogP contribution in [0.25, 0.3) is 22.3 Å². The molecule has 3 nitrogen and oxygen atoms in total. The Morgan fingerprint density at radius 2 is 1.24 bits per heavy atom. The first-order chi connectivity index (χ1) is 12.0. The summed E-state index contributed by atoms with van der Waals surface area (Å²) < 4.78 is 4.94. The van der Waals surface area contributed by atoms with Gasteiger partial charge in [-0.2, -0.15) is 0 Å². The zero-order chi connectivity index (χ0) is 18.0. The topological polar surface area (TPSA) is 46.5 Å². The van der Waals surface area contributed by atoms with E-state index in [1.54, 1.807) is 0 Å². The van der Waals surface area contributed by atoms with Crippen molar-refractivity contribution < 1.29 is 14.6 Å². The van der Waals surface area contributed by atoms with Crippen LogP contribution in [0, 0.1) is 13.8 Å². The summed E-state index contributed by atoms with van der Waals surface area (Å²) in [4.78, 5) is 12.4. The van der Waals surface area contributed by atoms with E-state index in [1.807, 2.05) is 74.5 Å². The second kappa shape index (κ2) is 6.81. The Hall–Kier alpha value is -3.07. The number of benzene rings is 3. The predicted octanol–water partition coefficient (Wildman–Crippen LogP) is 5.13. The van der Waals surface area contributed by atoms with E-state index in [0.717, 1.165) is 22.3 Å². The highest BCUT2D eigenvalue weighted by Crippen LogP contribution is 2.40. The smallest absolute Gasteiger partial charge is 0.342 e. The van der Waals surface area contributed by atoms with Crippen molar-refractivity contribution in [3.05, 3.63) is 77.4 Å². The molecular formula is C22H20O3. The molecule has 3 aromatic carbocycles. The van der Waals surface area contributed by atoms with Crippen molar-refractivity contribution in [3.63, 3.8) is 0 Å². The number of hydrogen-bond acceptors (Lipinski definition) is 3. The van der Waals surface area contributed by atoms with Crippen LogP contribution in [0.2, 0.25) is 0 Å². The Bertz CT molecular complexity index is 942. The highest BCUT2D eigenvalue weighted by atomic mass is 16.5. The summed E-state index contributed by atoms with van der Waals surface area (Å²) in [6.07, 6.45) is 0. The molecule has 0 aliphatic heterocycles. The number of hydrogen-bond donors (Lipinski definition) is 1. The number of rotatable bonds is 3. The lowest BCUT2D eigenvalue weighted by molar-refractivity contribution is 0.0598. The molecule has 0 aliphatic carbocycles. The lowest BCUT2D eigenvalue weighted by Gasteiger charge is -2.16. The minimum absolute atomic E-state index is 0.0538. The van der Waals surface area contributed by atoms with E-state index in [-0.39, 0.29) is 11.3 Å². The van der Waals surface area contributed by atoms with Crippen LogP contribution in [0.5, 0.6) is 5.75 Å². The molecular weight excluding hydrogens is 312 g/mol. The summed E-state index contributed by atoms with van der Waals surface area (Å²) in [5, 5.41) is 10.9. The molecule has 3 aromatic rings. The summed E-state index contributed by atoms with van der Waals surface area (Å²) in [7, 11) is 1.32. The van der Waals surface area contributed by atoms with Crippen LogP contribution in [0.3, 0.4) is 0 Å². The van der Waals surface area contributed by atoms with E-state index in [9.17, 15) is 9.90 Å². The highest BCUT2D eigenvalue weighted by Gasteiger charge is 2.22. The molecule has 0 aromatic heterocycles. The molecule has 0 saturated heterocycles. The molecule has 3 rings (SSSR count). The van der Waals surface area contributed by atoms with Crippen molar-refractivity contribution >= 4 is 5.97 Å². The fourth-order valence-electron chi connectivity index (χ4n) is 3.09. The maximum Gasteiger partial charge on any atom is 0.342 e. The largest absolute Gasteiger partial charge is 0.506 e. The number of aromatic hydroxyl groups is 1. The first-order valence-electron chi connectivity index (χ1n) is 8.11. The minimum atomic E-state index is -0.550. The van der Waals surface area contributed by atoms with Crippen LogP contribution in [0.1, 0.15) is 21.5 Å². The molecule has 3 heteroatoms. The summed E-state index contributed by atoms with van der Waals surface area (Å²) >= 11 is 0. The Morgan fingerprint density at radius 3 is 1.76 bits per heavy atom. The van der Waals surface area contributed by atoms with Gasteiger partial charge in [0.15, 0.2) is 0 Å². The predicted molar refractivity (Wildman–Crippen MR) is 99.8 cm³/mol. The van der Waals surface area contributed by atoms with Gasteiger partial charge < -0.3 is 9.84 Å². The lowest BCUT2D eigenvalue weighted by Crippen LogP contribution is -2.05. The summed E-state index contributed by atoms with van der Waals surface area (Å²) in [5.41, 5.74) is 5.32. The SMILES string of the molecule is COC(=O)c1c(-c2ccccc2C)ccc(-c2ccccc2C)c1O. The van der Waals surface area contributed by atoms with Crippen LogP contribution < -0.4 is 0 Å². The normalized spacial score (nSPS) is 10.5. The van der Waals surface area contributed by atoms with Crippen molar-refractivity contribution in [2.24, 2.45) is 0 Å². The Labute approximate surface area is 147 Å². The summed E-state index contributed by atoms with van der Waals surface area (Å²) in [6.45, 7) is 3.95. The van der Waals surface area contributed by atoms with Gasteiger partial charge in [0.05, 0.1) is 7.11 Å². The van der Waals surface area contributed by atoms with E-state index in [4.69, 9.17) is 4.74 Å². The second-order valence-electron chi connectivity index (χ2n) is 6.01. The molecule has 25 heavy (non-hydrogen) atoms. The van der Waals surface area contributed by atoms with Crippen molar-refractivity contribution in [3.8, 4) is 28.0 Å². The van der Waals surface area contributed by atoms with Crippen molar-refractivity contribution in [1.29, 1.82) is 0 Å². The maximum absolute atomic E-state index is 12.4. The first kappa shape index (κ1) is 16.8. The summed E-state index contributed by atoms with van der Waals surface area (Å²) in [6, 6.07) is 19.2. The van der Waals surface area contributed by atoms with E-state index in [0.29, 0.717) is 11.1 Å². The van der Waals surface area contributed by atoms with Gasteiger partial charge in [-0.15, -0.1) is 0 Å². The Morgan fingerprint density at radius 1 is 0.760 bits per heavy atom. The van der Waals surface area contributed by atoms with E-state index in [1.165, 1.54) is 7.11 Å². The van der Waals surface area contributed by atoms with Crippen LogP contribution in [-0.2, 0) is 4.74 Å². The number of phenolic OH excluding ortho intramolecular Hbond substituents is 1. The van der Waals surface area contributed by atoms with E-state index < -0.39 is 5.97 Å². The van der Waals surface area contributed by atoms with Gasteiger partial charge in [0.1, 0.15) is 11.3 Å². The molecule has 0 bridgehead atoms. The average Bonchev–Trinajstić information content (AvgIpc) is 2.62. The second-order valence-corrected chi connectivity index (χ2v) is 6.01. The molecule has 1 N–H and O–H groups in total. The van der Waals surface area contributed by atoms with Gasteiger partial charge in [-0.25, -0.2) is 4.79 Å². The molecule has 0 aliphatic rings. The number of carbonyl (C=O) groups is 1. The minimum Gasteiger partial charge on any atom is -0.506 e. The molecule has 0 radical (unpaired) electrons. The Kier molecular flexibility index (Phi) is 4.57. The van der Waals surface area contributed by atoms with Crippen molar-refractivity contribution in [2.45, 2.75) is 13.8 Å². The van der Waals surface area contributed by atoms with Crippen LogP contribution in [-0.4, -0.2) is 18.2 Å². The summed E-state index contributed by atoms with van der Waals surface area (Å²) in [5.74, 6) is -0.604. The molecule has 0 saturated carbocycles. The Balaban J connectivity index is 2.30. The van der Waals surface area contributed by atoms with Gasteiger partial charge in [-0.05, 0) is 42.2 Å². The van der Waals surface area contributed by atoms with Gasteiger partial charge in [0.25, 0.3) is 0 Å². The van der Waals surface area contributed by atoms with Gasteiger partial charge in [-0.3, -0.25) is 0 Å². The zero-order valence-electron chi connectivity index (χ0n) is 14.5. The van der Waals surface area contributed by atoms with Crippen LogP contribution >= 0.6 is 0 Å². The number of esters is 1. The fourth-order valence-corrected chi connectivity index (χ4v) is 3.09. The first-order valence-corrected chi connectivity index (χ1v) is 8.11. The van der Waals surface area contributed by atoms with Gasteiger partial charge in [-0.1, -0.05) is 54.6 Å². The average molecular weight is 332 g/mol. The lowest BCUT2D eigenvalue weighted by atomic mass is 9.90. The van der Waals surface area contributed by atoms with E-state index in [2.05, 4.69) is 0 Å². The number of phenols is 1. The fraction of sp³-hybridized carbons (Fsp3) is 0.136. The highest BCUT2D eigenvalue weighted by molar-refractivity contribution is 6.03. The molecule has 0 amide bonds. The quantitative estimate of drug-likeness (QED) is 0.676. The number of aryl methyl sites for hydroxylation is 2. The van der Waals surface area contributed by atoms with E-state index >= 15 is 0 Å². The maximum atomic E-state index is 12.4. The van der Waals surface area contributed by atoms with Crippen LogP contribution in [0.4, 0.5) is 0 Å². The number of methoxy groups -OCH3 is 1. The van der Waals surface area contributed by atoms with Crippen LogP contribution in [0.15, 0.2) is 60.7 Å². The molecule has 0 atom stereocenters. The zero-order valence-corrected chi connectivity index (χ0v) is 14.5. The number of carbonyl (C=O) groups excluding carboxylic acids is 1. The molecule has 0 heterocycles. The molecule has 0 fully saturated rings. The van der Waals surface area contributed by atoms with Gasteiger partial charge in [0, 0.05) is 11.1 Å². The monoisotopic (exact) mass is 332 g/mol. The molecule has 126 valence electrons. The third kappa shape index (κ3) is 3.01. The molecule has 0 spiro atoms. The number of ether oxygens (including phenoxy) is 1. The van der Waals surface area contributed by atoms with Crippen molar-refractivity contribution in [2.75, 3.05) is 7.11 Å². The van der Waals surface area contributed by atoms with Gasteiger partial charge >= 0.3 is 5.97 Å². The standard InChI is InChI=1S/C22H20O3/c1-14-8-4-6-10-16(14)18-12-13-19(17-11-7-5-9-15(17)2)21(23)20(18)22(24)25-3/h4-13,23H,1-3H3. The van der Waals surface area contributed by atoms with Gasteiger partial charge in [0.2, 0.25) is 0 Å².